The van der Waals surface area contributed by atoms with Gasteiger partial charge in [-0.1, -0.05) is 109 Å². The Bertz CT molecular complexity index is 1270. The molecule has 0 heterocycles. The molecule has 0 aliphatic heterocycles. The van der Waals surface area contributed by atoms with Gasteiger partial charge in [0, 0.05) is 34.1 Å². The second kappa shape index (κ2) is 16.0. The highest BCUT2D eigenvalue weighted by atomic mass is 32.1. The fraction of sp³-hybridized carbons (Fsp3) is 0. The predicted molar refractivity (Wildman–Crippen MR) is 171 cm³/mol. The zero-order chi connectivity index (χ0) is 28.5. The molecule has 0 N–H and O–H groups in total. The van der Waals surface area contributed by atoms with Gasteiger partial charge in [-0.15, -0.1) is 0 Å². The summed E-state index contributed by atoms with van der Waals surface area (Å²) in [5, 5.41) is 0. The summed E-state index contributed by atoms with van der Waals surface area (Å²) in [4.78, 5) is 4.50. The van der Waals surface area contributed by atoms with E-state index in [2.05, 4.69) is 155 Å². The number of rotatable bonds is 6. The van der Waals surface area contributed by atoms with Crippen molar-refractivity contribution in [2.45, 2.75) is 0 Å². The third kappa shape index (κ3) is 8.36. The van der Waals surface area contributed by atoms with Crippen LogP contribution in [0.2, 0.25) is 0 Å². The van der Waals surface area contributed by atoms with Gasteiger partial charge in [0.2, 0.25) is 0 Å². The Labute approximate surface area is 245 Å². The highest BCUT2D eigenvalue weighted by Gasteiger charge is 2.11. The van der Waals surface area contributed by atoms with Gasteiger partial charge < -0.3 is 9.80 Å². The minimum Gasteiger partial charge on any atom is -0.311 e. The smallest absolute Gasteiger partial charge is 0.311 e. The molecule has 0 amide bonds. The summed E-state index contributed by atoms with van der Waals surface area (Å²) < 4.78 is 16.6. The maximum Gasteiger partial charge on any atom is 0.335 e. The van der Waals surface area contributed by atoms with E-state index in [9.17, 15) is 0 Å². The summed E-state index contributed by atoms with van der Waals surface area (Å²) in [7, 11) is 0. The molecule has 6 aromatic carbocycles. The number of hydrogen-bond donors (Lipinski definition) is 0. The van der Waals surface area contributed by atoms with Crippen molar-refractivity contribution in [1.29, 1.82) is 0 Å². The molecule has 0 spiro atoms. The van der Waals surface area contributed by atoms with Crippen LogP contribution >= 0.6 is 0 Å². The molecule has 6 aromatic rings. The standard InChI is InChI=1S/2C18H15N.O2S/c2*1-4-10-16(11-5-1)19(17-12-6-2-7-13-17)18-14-8-3-9-15-18;1-3-2/h2*1-15H;. The third-order valence-corrected chi connectivity index (χ3v) is 6.09. The lowest BCUT2D eigenvalue weighted by atomic mass is 10.2. The van der Waals surface area contributed by atoms with Gasteiger partial charge in [0.15, 0.2) is 0 Å². The molecule has 4 nitrogen and oxygen atoms in total. The molecule has 0 aliphatic carbocycles. The van der Waals surface area contributed by atoms with Gasteiger partial charge in [-0.3, -0.25) is 0 Å². The van der Waals surface area contributed by atoms with E-state index in [1.165, 1.54) is 34.1 Å². The van der Waals surface area contributed by atoms with Gasteiger partial charge in [-0.25, -0.2) is 0 Å². The van der Waals surface area contributed by atoms with Crippen LogP contribution in [0, 0.1) is 0 Å². The Balaban J connectivity index is 0.000000173. The van der Waals surface area contributed by atoms with Crippen molar-refractivity contribution in [3.05, 3.63) is 182 Å². The quantitative estimate of drug-likeness (QED) is 0.205. The van der Waals surface area contributed by atoms with Crippen molar-refractivity contribution in [2.24, 2.45) is 0 Å². The highest BCUT2D eigenvalue weighted by Crippen LogP contribution is 2.34. The number of benzene rings is 6. The van der Waals surface area contributed by atoms with E-state index < -0.39 is 11.6 Å². The van der Waals surface area contributed by atoms with E-state index in [1.807, 2.05) is 36.4 Å². The van der Waals surface area contributed by atoms with Gasteiger partial charge in [0.05, 0.1) is 0 Å². The summed E-state index contributed by atoms with van der Waals surface area (Å²) >= 11 is -0.750. The molecule has 0 bridgehead atoms. The van der Waals surface area contributed by atoms with Gasteiger partial charge in [0.1, 0.15) is 0 Å². The van der Waals surface area contributed by atoms with Gasteiger partial charge >= 0.3 is 11.6 Å². The third-order valence-electron chi connectivity index (χ3n) is 6.09. The second-order valence-electron chi connectivity index (χ2n) is 8.75. The molecule has 0 atom stereocenters. The van der Waals surface area contributed by atoms with Crippen molar-refractivity contribution in [1.82, 2.24) is 0 Å². The molecule has 0 aromatic heterocycles. The van der Waals surface area contributed by atoms with E-state index in [0.29, 0.717) is 0 Å². The van der Waals surface area contributed by atoms with Crippen LogP contribution in [0.4, 0.5) is 34.1 Å². The lowest BCUT2D eigenvalue weighted by Gasteiger charge is -2.25. The maximum atomic E-state index is 8.29. The van der Waals surface area contributed by atoms with Gasteiger partial charge in [0.25, 0.3) is 0 Å². The predicted octanol–water partition coefficient (Wildman–Crippen LogP) is 9.64. The summed E-state index contributed by atoms with van der Waals surface area (Å²) in [6, 6.07) is 62.5. The van der Waals surface area contributed by atoms with E-state index in [-0.39, 0.29) is 0 Å². The number of para-hydroxylation sites is 6. The summed E-state index contributed by atoms with van der Waals surface area (Å²) in [6.07, 6.45) is 0. The summed E-state index contributed by atoms with van der Waals surface area (Å²) in [5.41, 5.74) is 7.00. The molecule has 5 heteroatoms. The van der Waals surface area contributed by atoms with Crippen molar-refractivity contribution in [3.63, 3.8) is 0 Å². The molecule has 6 rings (SSSR count). The van der Waals surface area contributed by atoms with Crippen molar-refractivity contribution in [2.75, 3.05) is 9.80 Å². The van der Waals surface area contributed by atoms with E-state index in [1.54, 1.807) is 0 Å². The lowest BCUT2D eigenvalue weighted by Crippen LogP contribution is -2.09. The fourth-order valence-corrected chi connectivity index (χ4v) is 4.36. The highest BCUT2D eigenvalue weighted by molar-refractivity contribution is 7.51. The molecule has 41 heavy (non-hydrogen) atoms. The van der Waals surface area contributed by atoms with E-state index in [0.717, 1.165) is 0 Å². The zero-order valence-corrected chi connectivity index (χ0v) is 23.3. The lowest BCUT2D eigenvalue weighted by molar-refractivity contribution is 0.630. The Hall–Kier alpha value is -5.26. The molecule has 0 saturated carbocycles. The number of nitrogens with zero attached hydrogens (tertiary/aromatic N) is 2. The summed E-state index contributed by atoms with van der Waals surface area (Å²) in [6.45, 7) is 0. The molecule has 0 unspecified atom stereocenters. The van der Waals surface area contributed by atoms with Gasteiger partial charge in [-0.2, -0.15) is 8.42 Å². The fourth-order valence-electron chi connectivity index (χ4n) is 4.36. The van der Waals surface area contributed by atoms with Gasteiger partial charge in [-0.05, 0) is 72.8 Å². The first kappa shape index (κ1) is 28.7. The molecule has 202 valence electrons. The molecule has 0 aliphatic rings. The average Bonchev–Trinajstić information content (AvgIpc) is 3.05. The maximum absolute atomic E-state index is 8.29. The normalized spacial score (nSPS) is 9.66. The first-order valence-corrected chi connectivity index (χ1v) is 13.8. The molecular weight excluding hydrogens is 524 g/mol. The molecule has 0 radical (unpaired) electrons. The van der Waals surface area contributed by atoms with E-state index >= 15 is 0 Å². The first-order valence-electron chi connectivity index (χ1n) is 13.1. The number of anilines is 6. The Morgan fingerprint density at radius 3 is 0.512 bits per heavy atom. The minimum atomic E-state index is -0.750. The van der Waals surface area contributed by atoms with Crippen LogP contribution in [0.3, 0.4) is 0 Å². The Morgan fingerprint density at radius 2 is 0.390 bits per heavy atom. The average molecular weight is 555 g/mol. The minimum absolute atomic E-state index is 0.750. The molecule has 0 fully saturated rings. The van der Waals surface area contributed by atoms with Crippen molar-refractivity contribution >= 4 is 45.7 Å². The van der Waals surface area contributed by atoms with Crippen LogP contribution in [0.5, 0.6) is 0 Å². The van der Waals surface area contributed by atoms with Crippen molar-refractivity contribution < 1.29 is 8.42 Å². The SMILES string of the molecule is O=S=O.c1ccc(N(c2ccccc2)c2ccccc2)cc1.c1ccc(N(c2ccccc2)c2ccccc2)cc1. The van der Waals surface area contributed by atoms with Crippen LogP contribution in [-0.4, -0.2) is 8.42 Å². The van der Waals surface area contributed by atoms with Crippen molar-refractivity contribution in [3.8, 4) is 0 Å². The monoisotopic (exact) mass is 554 g/mol. The summed E-state index contributed by atoms with van der Waals surface area (Å²) in [5.74, 6) is 0. The molecule has 0 saturated heterocycles. The van der Waals surface area contributed by atoms with Crippen LogP contribution in [0.25, 0.3) is 0 Å². The van der Waals surface area contributed by atoms with Crippen LogP contribution in [0.1, 0.15) is 0 Å². The van der Waals surface area contributed by atoms with Crippen LogP contribution in [-0.2, 0) is 11.6 Å². The second-order valence-corrected chi connectivity index (χ2v) is 8.89. The largest absolute Gasteiger partial charge is 0.335 e. The van der Waals surface area contributed by atoms with Crippen LogP contribution in [0.15, 0.2) is 182 Å². The van der Waals surface area contributed by atoms with E-state index in [4.69, 9.17) is 8.42 Å². The topological polar surface area (TPSA) is 40.6 Å². The first-order chi connectivity index (χ1) is 20.3. The Kier molecular flexibility index (Phi) is 11.2. The molecular formula is C36H30N2O2S. The zero-order valence-electron chi connectivity index (χ0n) is 22.4. The van der Waals surface area contributed by atoms with Crippen LogP contribution < -0.4 is 9.80 Å². The Morgan fingerprint density at radius 1 is 0.268 bits per heavy atom. The number of hydrogen-bond acceptors (Lipinski definition) is 4.